The lowest BCUT2D eigenvalue weighted by Crippen LogP contribution is -2.44. The van der Waals surface area contributed by atoms with Gasteiger partial charge in [0, 0.05) is 37.6 Å². The Morgan fingerprint density at radius 3 is 2.08 bits per heavy atom. The third kappa shape index (κ3) is 4.57. The number of benzene rings is 2. The zero-order valence-corrected chi connectivity index (χ0v) is 16.2. The van der Waals surface area contributed by atoms with Gasteiger partial charge in [-0.2, -0.15) is 5.10 Å². The molecule has 1 aliphatic heterocycles. The van der Waals surface area contributed by atoms with E-state index in [1.807, 2.05) is 6.21 Å². The van der Waals surface area contributed by atoms with E-state index in [0.717, 1.165) is 44.8 Å². The molecular formula is C22H30N4. The van der Waals surface area contributed by atoms with Gasteiger partial charge in [0.15, 0.2) is 0 Å². The molecule has 4 nitrogen and oxygen atoms in total. The minimum atomic E-state index is 0.960. The van der Waals surface area contributed by atoms with Gasteiger partial charge in [0.1, 0.15) is 0 Å². The number of piperazine rings is 1. The zero-order chi connectivity index (χ0) is 18.4. The molecular weight excluding hydrogens is 320 g/mol. The molecule has 0 radical (unpaired) electrons. The third-order valence-electron chi connectivity index (χ3n) is 5.05. The highest BCUT2D eigenvalue weighted by Gasteiger charge is 2.15. The van der Waals surface area contributed by atoms with Crippen LogP contribution < -0.4 is 9.80 Å². The molecule has 3 rings (SSSR count). The molecule has 0 saturated carbocycles. The first-order chi connectivity index (χ1) is 12.7. The van der Waals surface area contributed by atoms with E-state index in [0.29, 0.717) is 0 Å². The summed E-state index contributed by atoms with van der Waals surface area (Å²) >= 11 is 0. The summed E-state index contributed by atoms with van der Waals surface area (Å²) in [5, 5.41) is 6.85. The number of nitrogens with zero attached hydrogens (tertiary/aromatic N) is 4. The minimum absolute atomic E-state index is 0.960. The number of aryl methyl sites for hydroxylation is 1. The first-order valence-electron chi connectivity index (χ1n) is 9.65. The van der Waals surface area contributed by atoms with Gasteiger partial charge in [-0.25, -0.2) is 0 Å². The average molecular weight is 351 g/mol. The Bertz CT molecular complexity index is 694. The lowest BCUT2D eigenvalue weighted by atomic mass is 10.2. The predicted octanol–water partition coefficient (Wildman–Crippen LogP) is 4.00. The van der Waals surface area contributed by atoms with Crippen LogP contribution in [0.4, 0.5) is 11.4 Å². The Labute approximate surface area is 157 Å². The molecule has 1 fully saturated rings. The standard InChI is InChI=1S/C22H30N4/c1-4-24(5-2)21-12-8-20(9-13-21)18-23-26-16-14-25(15-17-26)22-10-6-19(3)7-11-22/h6-13,18H,4-5,14-17H2,1-3H3/b23-18-. The molecule has 0 spiro atoms. The summed E-state index contributed by atoms with van der Waals surface area (Å²) in [6.45, 7) is 12.5. The highest BCUT2D eigenvalue weighted by atomic mass is 15.5. The monoisotopic (exact) mass is 350 g/mol. The highest BCUT2D eigenvalue weighted by molar-refractivity contribution is 5.80. The van der Waals surface area contributed by atoms with E-state index >= 15 is 0 Å². The molecule has 1 heterocycles. The highest BCUT2D eigenvalue weighted by Crippen LogP contribution is 2.17. The second-order valence-electron chi connectivity index (χ2n) is 6.78. The smallest absolute Gasteiger partial charge is 0.0542 e. The second-order valence-corrected chi connectivity index (χ2v) is 6.78. The fraction of sp³-hybridized carbons (Fsp3) is 0.409. The molecule has 1 aliphatic rings. The van der Waals surface area contributed by atoms with E-state index in [2.05, 4.69) is 89.2 Å². The summed E-state index contributed by atoms with van der Waals surface area (Å²) in [5.74, 6) is 0. The van der Waals surface area contributed by atoms with Gasteiger partial charge in [-0.05, 0) is 50.6 Å². The molecule has 0 aromatic heterocycles. The van der Waals surface area contributed by atoms with Crippen molar-refractivity contribution in [2.45, 2.75) is 20.8 Å². The van der Waals surface area contributed by atoms with Crippen molar-refractivity contribution in [2.24, 2.45) is 5.10 Å². The van der Waals surface area contributed by atoms with Crippen LogP contribution in [0.15, 0.2) is 53.6 Å². The molecule has 138 valence electrons. The Kier molecular flexibility index (Phi) is 6.16. The zero-order valence-electron chi connectivity index (χ0n) is 16.2. The van der Waals surface area contributed by atoms with Crippen LogP contribution in [0, 0.1) is 6.92 Å². The van der Waals surface area contributed by atoms with Crippen molar-refractivity contribution in [1.29, 1.82) is 0 Å². The van der Waals surface area contributed by atoms with Crippen molar-refractivity contribution in [3.05, 3.63) is 59.7 Å². The topological polar surface area (TPSA) is 22.1 Å². The molecule has 0 unspecified atom stereocenters. The van der Waals surface area contributed by atoms with Crippen LogP contribution in [0.5, 0.6) is 0 Å². The van der Waals surface area contributed by atoms with Crippen LogP contribution in [-0.4, -0.2) is 50.5 Å². The lowest BCUT2D eigenvalue weighted by Gasteiger charge is -2.34. The van der Waals surface area contributed by atoms with Gasteiger partial charge in [0.05, 0.1) is 19.3 Å². The Hall–Kier alpha value is -2.49. The van der Waals surface area contributed by atoms with Gasteiger partial charge in [-0.15, -0.1) is 0 Å². The molecule has 0 N–H and O–H groups in total. The van der Waals surface area contributed by atoms with Crippen LogP contribution in [0.1, 0.15) is 25.0 Å². The van der Waals surface area contributed by atoms with Crippen LogP contribution in [0.2, 0.25) is 0 Å². The van der Waals surface area contributed by atoms with E-state index in [4.69, 9.17) is 0 Å². The number of hydrogen-bond donors (Lipinski definition) is 0. The first-order valence-corrected chi connectivity index (χ1v) is 9.65. The maximum absolute atomic E-state index is 4.68. The summed E-state index contributed by atoms with van der Waals surface area (Å²) in [6.07, 6.45) is 1.98. The predicted molar refractivity (Wildman–Crippen MR) is 113 cm³/mol. The van der Waals surface area contributed by atoms with Crippen LogP contribution >= 0.6 is 0 Å². The first kappa shape index (κ1) is 18.3. The summed E-state index contributed by atoms with van der Waals surface area (Å²) in [6, 6.07) is 17.5. The van der Waals surface area contributed by atoms with E-state index < -0.39 is 0 Å². The van der Waals surface area contributed by atoms with Crippen molar-refractivity contribution in [3.8, 4) is 0 Å². The van der Waals surface area contributed by atoms with E-state index in [1.54, 1.807) is 0 Å². The van der Waals surface area contributed by atoms with Crippen molar-refractivity contribution in [1.82, 2.24) is 5.01 Å². The van der Waals surface area contributed by atoms with Gasteiger partial charge in [-0.1, -0.05) is 29.8 Å². The largest absolute Gasteiger partial charge is 0.372 e. The van der Waals surface area contributed by atoms with E-state index in [9.17, 15) is 0 Å². The summed E-state index contributed by atoms with van der Waals surface area (Å²) in [7, 11) is 0. The molecule has 0 bridgehead atoms. The molecule has 2 aromatic carbocycles. The molecule has 4 heteroatoms. The Morgan fingerprint density at radius 1 is 0.885 bits per heavy atom. The number of anilines is 2. The van der Waals surface area contributed by atoms with Crippen LogP contribution in [-0.2, 0) is 0 Å². The summed E-state index contributed by atoms with van der Waals surface area (Å²) in [4.78, 5) is 4.79. The number of hydrazone groups is 1. The van der Waals surface area contributed by atoms with Crippen molar-refractivity contribution in [3.63, 3.8) is 0 Å². The van der Waals surface area contributed by atoms with Gasteiger partial charge in [-0.3, -0.25) is 5.01 Å². The third-order valence-corrected chi connectivity index (χ3v) is 5.05. The minimum Gasteiger partial charge on any atom is -0.372 e. The van der Waals surface area contributed by atoms with Gasteiger partial charge >= 0.3 is 0 Å². The summed E-state index contributed by atoms with van der Waals surface area (Å²) in [5.41, 5.74) is 5.05. The number of hydrogen-bond acceptors (Lipinski definition) is 4. The summed E-state index contributed by atoms with van der Waals surface area (Å²) < 4.78 is 0. The number of rotatable bonds is 6. The van der Waals surface area contributed by atoms with Crippen molar-refractivity contribution in [2.75, 3.05) is 49.1 Å². The molecule has 26 heavy (non-hydrogen) atoms. The van der Waals surface area contributed by atoms with Gasteiger partial charge in [0.2, 0.25) is 0 Å². The Balaban J connectivity index is 1.53. The molecule has 0 atom stereocenters. The lowest BCUT2D eigenvalue weighted by molar-refractivity contribution is 0.272. The van der Waals surface area contributed by atoms with Crippen molar-refractivity contribution >= 4 is 17.6 Å². The second kappa shape index (κ2) is 8.75. The van der Waals surface area contributed by atoms with E-state index in [-0.39, 0.29) is 0 Å². The van der Waals surface area contributed by atoms with Gasteiger partial charge < -0.3 is 9.80 Å². The maximum atomic E-state index is 4.68. The molecule has 0 amide bonds. The Morgan fingerprint density at radius 2 is 1.50 bits per heavy atom. The quantitative estimate of drug-likeness (QED) is 0.735. The van der Waals surface area contributed by atoms with E-state index in [1.165, 1.54) is 16.9 Å². The van der Waals surface area contributed by atoms with Gasteiger partial charge in [0.25, 0.3) is 0 Å². The SMILES string of the molecule is CCN(CC)c1ccc(/C=N\N2CCN(c3ccc(C)cc3)CC2)cc1. The van der Waals surface area contributed by atoms with Crippen LogP contribution in [0.25, 0.3) is 0 Å². The fourth-order valence-corrected chi connectivity index (χ4v) is 3.33. The maximum Gasteiger partial charge on any atom is 0.0542 e. The van der Waals surface area contributed by atoms with Crippen LogP contribution in [0.3, 0.4) is 0 Å². The normalized spacial score (nSPS) is 14.9. The van der Waals surface area contributed by atoms with Crippen molar-refractivity contribution < 1.29 is 0 Å². The average Bonchev–Trinajstić information content (AvgIpc) is 2.69. The fourth-order valence-electron chi connectivity index (χ4n) is 3.33. The molecule has 1 saturated heterocycles. The molecule has 2 aromatic rings. The molecule has 0 aliphatic carbocycles.